The van der Waals surface area contributed by atoms with Crippen LogP contribution in [0.5, 0.6) is 5.75 Å². The summed E-state index contributed by atoms with van der Waals surface area (Å²) in [7, 11) is 0. The highest BCUT2D eigenvalue weighted by molar-refractivity contribution is 6.30. The Balaban J connectivity index is 1.11. The van der Waals surface area contributed by atoms with E-state index in [0.717, 1.165) is 6.07 Å². The van der Waals surface area contributed by atoms with Crippen molar-refractivity contribution in [1.82, 2.24) is 20.3 Å². The maximum atomic E-state index is 13.8. The monoisotopic (exact) mass is 518 g/mol. The number of halogens is 5. The molecule has 2 atom stereocenters. The van der Waals surface area contributed by atoms with Crippen LogP contribution < -0.4 is 10.1 Å². The zero-order chi connectivity index (χ0) is 25.0. The number of hydrogen-bond donors (Lipinski definition) is 2. The van der Waals surface area contributed by atoms with Gasteiger partial charge in [-0.1, -0.05) is 16.8 Å². The van der Waals surface area contributed by atoms with Crippen molar-refractivity contribution in [3.8, 4) is 5.75 Å². The van der Waals surface area contributed by atoms with Crippen molar-refractivity contribution in [1.29, 1.82) is 0 Å². The summed E-state index contributed by atoms with van der Waals surface area (Å²) in [5, 5.41) is 21.5. The van der Waals surface area contributed by atoms with Crippen LogP contribution in [0.1, 0.15) is 55.9 Å². The number of carbonyl (C=O) groups is 1. The molecule has 4 aliphatic rings. The van der Waals surface area contributed by atoms with Crippen molar-refractivity contribution in [2.75, 3.05) is 6.61 Å². The van der Waals surface area contributed by atoms with Gasteiger partial charge in [0, 0.05) is 29.8 Å². The van der Waals surface area contributed by atoms with Gasteiger partial charge in [-0.25, -0.2) is 9.07 Å². The van der Waals surface area contributed by atoms with Crippen LogP contribution in [0.25, 0.3) is 0 Å². The molecule has 2 N–H and O–H groups in total. The molecule has 0 unspecified atom stereocenters. The highest BCUT2D eigenvalue weighted by atomic mass is 35.5. The van der Waals surface area contributed by atoms with E-state index in [1.165, 1.54) is 6.07 Å². The number of ether oxygens (including phenoxy) is 2. The molecule has 0 radical (unpaired) electrons. The number of alkyl halides is 3. The molecule has 13 heteroatoms. The summed E-state index contributed by atoms with van der Waals surface area (Å²) in [6, 6.07) is 2.38. The average Bonchev–Trinajstić information content (AvgIpc) is 3.18. The number of hydrogen-bond acceptors (Lipinski definition) is 6. The molecule has 6 rings (SSSR count). The first-order chi connectivity index (χ1) is 16.5. The van der Waals surface area contributed by atoms with Crippen LogP contribution in [0.15, 0.2) is 18.3 Å². The number of aliphatic hydroxyl groups excluding tert-OH is 1. The third kappa shape index (κ3) is 4.70. The van der Waals surface area contributed by atoms with E-state index in [4.69, 9.17) is 16.3 Å². The Morgan fingerprint density at radius 1 is 1.31 bits per heavy atom. The molecule has 3 fully saturated rings. The SMILES string of the molecule is O=C(NC12CC(n3cc(CCCCOC(F)(F)F)nn3)(C1)C2)[C@H]1C[C@@H](O)c2cc(Cl)c(F)cc2O1. The van der Waals surface area contributed by atoms with Gasteiger partial charge >= 0.3 is 6.36 Å². The lowest BCUT2D eigenvalue weighted by molar-refractivity contribution is -0.324. The Morgan fingerprint density at radius 3 is 2.77 bits per heavy atom. The van der Waals surface area contributed by atoms with E-state index in [2.05, 4.69) is 20.4 Å². The summed E-state index contributed by atoms with van der Waals surface area (Å²) in [6.45, 7) is -0.389. The van der Waals surface area contributed by atoms with E-state index in [9.17, 15) is 27.5 Å². The first kappa shape index (κ1) is 24.3. The minimum absolute atomic E-state index is 0.0302. The summed E-state index contributed by atoms with van der Waals surface area (Å²) in [5.74, 6) is -0.972. The number of carbonyl (C=O) groups excluding carboxylic acids is 1. The fraction of sp³-hybridized carbons (Fsp3) is 0.591. The number of unbranched alkanes of at least 4 members (excludes halogenated alkanes) is 1. The fourth-order valence-electron chi connectivity index (χ4n) is 5.29. The first-order valence-corrected chi connectivity index (χ1v) is 11.6. The molecule has 3 aliphatic carbocycles. The second-order valence-corrected chi connectivity index (χ2v) is 10.00. The molecular formula is C22H23ClF4N4O4. The second-order valence-electron chi connectivity index (χ2n) is 9.59. The van der Waals surface area contributed by atoms with Gasteiger partial charge in [-0.15, -0.1) is 18.3 Å². The van der Waals surface area contributed by atoms with Gasteiger partial charge in [-0.2, -0.15) is 0 Å². The van der Waals surface area contributed by atoms with Crippen LogP contribution >= 0.6 is 11.6 Å². The second kappa shape index (κ2) is 8.59. The lowest BCUT2D eigenvalue weighted by Gasteiger charge is -2.69. The molecular weight excluding hydrogens is 496 g/mol. The smallest absolute Gasteiger partial charge is 0.480 e. The number of amides is 1. The number of fused-ring (bicyclic) bond motifs is 1. The number of nitrogens with one attached hydrogen (secondary N) is 1. The van der Waals surface area contributed by atoms with Gasteiger partial charge in [0.05, 0.1) is 29.0 Å². The molecule has 190 valence electrons. The number of rotatable bonds is 8. The highest BCUT2D eigenvalue weighted by Crippen LogP contribution is 2.65. The van der Waals surface area contributed by atoms with Crippen molar-refractivity contribution >= 4 is 17.5 Å². The van der Waals surface area contributed by atoms with Gasteiger partial charge in [-0.3, -0.25) is 9.53 Å². The molecule has 8 nitrogen and oxygen atoms in total. The van der Waals surface area contributed by atoms with Crippen LogP contribution in [0, 0.1) is 5.82 Å². The Labute approximate surface area is 202 Å². The molecule has 1 amide bonds. The minimum atomic E-state index is -4.61. The Bertz CT molecular complexity index is 1120. The van der Waals surface area contributed by atoms with Crippen LogP contribution in [-0.4, -0.2) is 50.6 Å². The lowest BCUT2D eigenvalue weighted by Crippen LogP contribution is -2.79. The molecule has 35 heavy (non-hydrogen) atoms. The van der Waals surface area contributed by atoms with E-state index < -0.39 is 29.9 Å². The molecule has 1 aromatic carbocycles. The third-order valence-electron chi connectivity index (χ3n) is 6.92. The minimum Gasteiger partial charge on any atom is -0.480 e. The lowest BCUT2D eigenvalue weighted by atomic mass is 9.44. The summed E-state index contributed by atoms with van der Waals surface area (Å²) in [6.07, 6.45) is -1.52. The fourth-order valence-corrected chi connectivity index (χ4v) is 5.46. The Kier molecular flexibility index (Phi) is 5.96. The molecule has 1 aromatic heterocycles. The zero-order valence-electron chi connectivity index (χ0n) is 18.4. The number of aryl methyl sites for hydroxylation is 1. The average molecular weight is 519 g/mol. The molecule has 2 aromatic rings. The Hall–Kier alpha value is -2.44. The van der Waals surface area contributed by atoms with E-state index in [1.807, 2.05) is 0 Å². The molecule has 3 saturated carbocycles. The van der Waals surface area contributed by atoms with E-state index in [0.29, 0.717) is 43.4 Å². The highest BCUT2D eigenvalue weighted by Gasteiger charge is 2.70. The van der Waals surface area contributed by atoms with Gasteiger partial charge < -0.3 is 15.2 Å². The molecule has 0 saturated heterocycles. The normalized spacial score (nSPS) is 29.0. The van der Waals surface area contributed by atoms with Crippen LogP contribution in [0.4, 0.5) is 17.6 Å². The summed E-state index contributed by atoms with van der Waals surface area (Å²) in [5.41, 5.74) is 0.408. The topological polar surface area (TPSA) is 98.5 Å². The zero-order valence-corrected chi connectivity index (χ0v) is 19.2. The summed E-state index contributed by atoms with van der Waals surface area (Å²) in [4.78, 5) is 12.8. The van der Waals surface area contributed by atoms with Gasteiger partial charge in [0.25, 0.3) is 5.91 Å². The predicted molar refractivity (Wildman–Crippen MR) is 113 cm³/mol. The maximum absolute atomic E-state index is 13.8. The van der Waals surface area contributed by atoms with E-state index in [-0.39, 0.29) is 41.7 Å². The number of aromatic nitrogens is 3. The molecule has 2 bridgehead atoms. The number of nitrogens with zero attached hydrogens (tertiary/aromatic N) is 3. The van der Waals surface area contributed by atoms with Crippen LogP contribution in [0.3, 0.4) is 0 Å². The number of aliphatic hydroxyl groups is 1. The van der Waals surface area contributed by atoms with Crippen LogP contribution in [0.2, 0.25) is 5.02 Å². The molecule has 2 heterocycles. The maximum Gasteiger partial charge on any atom is 0.522 e. The van der Waals surface area contributed by atoms with Gasteiger partial charge in [0.15, 0.2) is 6.10 Å². The van der Waals surface area contributed by atoms with E-state index in [1.54, 1.807) is 10.9 Å². The van der Waals surface area contributed by atoms with Crippen LogP contribution in [-0.2, 0) is 21.5 Å². The number of benzene rings is 1. The van der Waals surface area contributed by atoms with Crippen molar-refractivity contribution in [2.45, 2.75) is 74.6 Å². The van der Waals surface area contributed by atoms with Gasteiger partial charge in [-0.05, 0) is 44.6 Å². The quantitative estimate of drug-likeness (QED) is 0.409. The van der Waals surface area contributed by atoms with Crippen molar-refractivity contribution < 1.29 is 36.9 Å². The van der Waals surface area contributed by atoms with Crippen molar-refractivity contribution in [3.63, 3.8) is 0 Å². The summed E-state index contributed by atoms with van der Waals surface area (Å²) < 4.78 is 61.0. The third-order valence-corrected chi connectivity index (χ3v) is 7.21. The summed E-state index contributed by atoms with van der Waals surface area (Å²) >= 11 is 5.77. The first-order valence-electron chi connectivity index (χ1n) is 11.3. The van der Waals surface area contributed by atoms with Gasteiger partial charge in [0.1, 0.15) is 11.6 Å². The van der Waals surface area contributed by atoms with Crippen molar-refractivity contribution in [2.24, 2.45) is 0 Å². The molecule has 0 spiro atoms. The molecule has 1 aliphatic heterocycles. The largest absolute Gasteiger partial charge is 0.522 e. The standard InChI is InChI=1S/C22H23ClF4N4O4/c23-14-5-13-16(32)7-18(35-17(13)6-15(14)24)19(33)28-20-9-21(10-20,11-20)31-8-12(29-30-31)3-1-2-4-34-22(25,26)27/h5-6,8,16,18,32H,1-4,7,9-11H2,(H,28,33)/t16-,18-,20?,21?/m1/s1. The predicted octanol–water partition coefficient (Wildman–Crippen LogP) is 3.56. The van der Waals surface area contributed by atoms with E-state index >= 15 is 0 Å². The Morgan fingerprint density at radius 2 is 2.06 bits per heavy atom. The van der Waals surface area contributed by atoms with Crippen molar-refractivity contribution in [3.05, 3.63) is 40.4 Å². The van der Waals surface area contributed by atoms with Gasteiger partial charge in [0.2, 0.25) is 0 Å².